The van der Waals surface area contributed by atoms with Crippen molar-refractivity contribution in [2.24, 2.45) is 0 Å². The molecule has 0 heterocycles. The number of carboxylic acid groups (broad SMARTS) is 1. The SMILES string of the molecule is C#CCCCCCC.COC(=O)O. The molecule has 0 aromatic carbocycles. The summed E-state index contributed by atoms with van der Waals surface area (Å²) < 4.78 is 3.67. The fraction of sp³-hybridized carbons (Fsp3) is 0.700. The molecule has 0 aliphatic carbocycles. The van der Waals surface area contributed by atoms with Gasteiger partial charge in [-0.3, -0.25) is 0 Å². The van der Waals surface area contributed by atoms with E-state index in [1.54, 1.807) is 0 Å². The monoisotopic (exact) mass is 186 g/mol. The Labute approximate surface area is 80.1 Å². The van der Waals surface area contributed by atoms with Crippen LogP contribution in [0.5, 0.6) is 0 Å². The average Bonchev–Trinajstić information content (AvgIpc) is 2.14. The van der Waals surface area contributed by atoms with Crippen LogP contribution in [0.25, 0.3) is 0 Å². The molecule has 76 valence electrons. The van der Waals surface area contributed by atoms with E-state index in [2.05, 4.69) is 17.6 Å². The number of hydrogen-bond donors (Lipinski definition) is 1. The second kappa shape index (κ2) is 13.4. The standard InChI is InChI=1S/C8H14.C2H4O3/c1-3-5-7-8-6-4-2;1-5-2(3)4/h1H,4-8H2,2H3;1H3,(H,3,4). The summed E-state index contributed by atoms with van der Waals surface area (Å²) in [6.45, 7) is 2.20. The first-order valence-electron chi connectivity index (χ1n) is 4.39. The smallest absolute Gasteiger partial charge is 0.450 e. The number of rotatable bonds is 4. The van der Waals surface area contributed by atoms with Crippen LogP contribution in [0, 0.1) is 12.3 Å². The molecule has 0 bridgehead atoms. The molecule has 1 N–H and O–H groups in total. The lowest BCUT2D eigenvalue weighted by Gasteiger charge is -1.90. The Kier molecular flexibility index (Phi) is 14.8. The van der Waals surface area contributed by atoms with E-state index in [4.69, 9.17) is 16.3 Å². The number of ether oxygens (including phenoxy) is 1. The highest BCUT2D eigenvalue weighted by Gasteiger charge is 1.82. The van der Waals surface area contributed by atoms with Gasteiger partial charge in [0, 0.05) is 6.42 Å². The predicted molar refractivity (Wildman–Crippen MR) is 52.6 cm³/mol. The number of hydrogen-bond acceptors (Lipinski definition) is 2. The largest absolute Gasteiger partial charge is 0.505 e. The molecular weight excluding hydrogens is 168 g/mol. The van der Waals surface area contributed by atoms with Gasteiger partial charge in [0.05, 0.1) is 7.11 Å². The number of methoxy groups -OCH3 is 1. The van der Waals surface area contributed by atoms with E-state index in [0.29, 0.717) is 0 Å². The van der Waals surface area contributed by atoms with Crippen LogP contribution in [-0.4, -0.2) is 18.4 Å². The topological polar surface area (TPSA) is 46.5 Å². The number of carbonyl (C=O) groups is 1. The summed E-state index contributed by atoms with van der Waals surface area (Å²) in [6, 6.07) is 0. The zero-order valence-corrected chi connectivity index (χ0v) is 8.38. The van der Waals surface area contributed by atoms with Crippen LogP contribution in [0.15, 0.2) is 0 Å². The minimum absolute atomic E-state index is 0.958. The first-order chi connectivity index (χ1) is 6.18. The van der Waals surface area contributed by atoms with Gasteiger partial charge in [0.2, 0.25) is 0 Å². The van der Waals surface area contributed by atoms with E-state index in [-0.39, 0.29) is 0 Å². The molecule has 0 saturated heterocycles. The molecule has 0 aromatic heterocycles. The molecule has 0 spiro atoms. The van der Waals surface area contributed by atoms with Crippen molar-refractivity contribution in [1.29, 1.82) is 0 Å². The summed E-state index contributed by atoms with van der Waals surface area (Å²) >= 11 is 0. The zero-order valence-electron chi connectivity index (χ0n) is 8.38. The van der Waals surface area contributed by atoms with Crippen LogP contribution in [-0.2, 0) is 4.74 Å². The third kappa shape index (κ3) is 24.8. The molecule has 3 nitrogen and oxygen atoms in total. The maximum Gasteiger partial charge on any atom is 0.505 e. The van der Waals surface area contributed by atoms with Gasteiger partial charge in [-0.25, -0.2) is 4.79 Å². The van der Waals surface area contributed by atoms with Crippen molar-refractivity contribution in [3.8, 4) is 12.3 Å². The molecule has 0 unspecified atom stereocenters. The van der Waals surface area contributed by atoms with E-state index in [1.807, 2.05) is 0 Å². The second-order valence-corrected chi connectivity index (χ2v) is 2.48. The van der Waals surface area contributed by atoms with Gasteiger partial charge in [-0.05, 0) is 6.42 Å². The molecule has 0 rings (SSSR count). The maximum absolute atomic E-state index is 9.15. The van der Waals surface area contributed by atoms with Gasteiger partial charge < -0.3 is 9.84 Å². The number of unbranched alkanes of at least 4 members (excludes halogenated alkanes) is 4. The summed E-state index contributed by atoms with van der Waals surface area (Å²) in [5, 5.41) is 7.50. The van der Waals surface area contributed by atoms with Crippen molar-refractivity contribution in [1.82, 2.24) is 0 Å². The van der Waals surface area contributed by atoms with E-state index in [1.165, 1.54) is 25.7 Å². The molecular formula is C10H18O3. The summed E-state index contributed by atoms with van der Waals surface area (Å²) in [5.74, 6) is 2.63. The molecule has 0 aliphatic heterocycles. The first kappa shape index (κ1) is 14.4. The van der Waals surface area contributed by atoms with Crippen molar-refractivity contribution in [3.63, 3.8) is 0 Å². The Morgan fingerprint density at radius 3 is 2.31 bits per heavy atom. The maximum atomic E-state index is 9.15. The normalized spacial score (nSPS) is 7.77. The van der Waals surface area contributed by atoms with E-state index >= 15 is 0 Å². The third-order valence-electron chi connectivity index (χ3n) is 1.35. The van der Waals surface area contributed by atoms with Crippen LogP contribution in [0.3, 0.4) is 0 Å². The predicted octanol–water partition coefficient (Wildman–Crippen LogP) is 2.90. The quantitative estimate of drug-likeness (QED) is 0.417. The van der Waals surface area contributed by atoms with Crippen LogP contribution < -0.4 is 0 Å². The van der Waals surface area contributed by atoms with Gasteiger partial charge in [-0.15, -0.1) is 12.3 Å². The molecule has 0 aromatic rings. The Hall–Kier alpha value is -1.17. The zero-order chi connectivity index (χ0) is 10.5. The summed E-state index contributed by atoms with van der Waals surface area (Å²) in [6.07, 6.45) is 9.92. The minimum atomic E-state index is -1.25. The minimum Gasteiger partial charge on any atom is -0.450 e. The average molecular weight is 186 g/mol. The lowest BCUT2D eigenvalue weighted by Crippen LogP contribution is -1.91. The van der Waals surface area contributed by atoms with E-state index in [0.717, 1.165) is 13.5 Å². The highest BCUT2D eigenvalue weighted by Crippen LogP contribution is 2.00. The lowest BCUT2D eigenvalue weighted by molar-refractivity contribution is 0.114. The van der Waals surface area contributed by atoms with Gasteiger partial charge in [0.15, 0.2) is 0 Å². The summed E-state index contributed by atoms with van der Waals surface area (Å²) in [7, 11) is 1.10. The fourth-order valence-electron chi connectivity index (χ4n) is 0.654. The number of terminal acetylenes is 1. The van der Waals surface area contributed by atoms with Crippen molar-refractivity contribution in [3.05, 3.63) is 0 Å². The van der Waals surface area contributed by atoms with Crippen LogP contribution in [0.1, 0.15) is 39.0 Å². The summed E-state index contributed by atoms with van der Waals surface area (Å²) in [4.78, 5) is 9.15. The first-order valence-corrected chi connectivity index (χ1v) is 4.39. The Bertz CT molecular complexity index is 147. The van der Waals surface area contributed by atoms with Gasteiger partial charge in [0.25, 0.3) is 0 Å². The van der Waals surface area contributed by atoms with Crippen molar-refractivity contribution < 1.29 is 14.6 Å². The van der Waals surface area contributed by atoms with Gasteiger partial charge >= 0.3 is 6.16 Å². The van der Waals surface area contributed by atoms with Crippen LogP contribution in [0.4, 0.5) is 4.79 Å². The molecule has 0 amide bonds. The molecule has 3 heteroatoms. The van der Waals surface area contributed by atoms with Crippen molar-refractivity contribution >= 4 is 6.16 Å². The molecule has 0 radical (unpaired) electrons. The van der Waals surface area contributed by atoms with Crippen LogP contribution >= 0.6 is 0 Å². The van der Waals surface area contributed by atoms with Crippen molar-refractivity contribution in [2.45, 2.75) is 39.0 Å². The Balaban J connectivity index is 0. The molecule has 0 atom stereocenters. The Morgan fingerprint density at radius 1 is 1.46 bits per heavy atom. The van der Waals surface area contributed by atoms with Crippen molar-refractivity contribution in [2.75, 3.05) is 7.11 Å². The molecule has 0 saturated carbocycles. The fourth-order valence-corrected chi connectivity index (χ4v) is 0.654. The molecule has 0 aliphatic rings. The highest BCUT2D eigenvalue weighted by molar-refractivity contribution is 5.56. The van der Waals surface area contributed by atoms with E-state index in [9.17, 15) is 0 Å². The van der Waals surface area contributed by atoms with E-state index < -0.39 is 6.16 Å². The van der Waals surface area contributed by atoms with Gasteiger partial charge in [-0.2, -0.15) is 0 Å². The Morgan fingerprint density at radius 2 is 2.00 bits per heavy atom. The lowest BCUT2D eigenvalue weighted by atomic mass is 10.2. The van der Waals surface area contributed by atoms with Crippen LogP contribution in [0.2, 0.25) is 0 Å². The second-order valence-electron chi connectivity index (χ2n) is 2.48. The third-order valence-corrected chi connectivity index (χ3v) is 1.35. The molecule has 0 fully saturated rings. The van der Waals surface area contributed by atoms with Gasteiger partial charge in [0.1, 0.15) is 0 Å². The van der Waals surface area contributed by atoms with Gasteiger partial charge in [-0.1, -0.05) is 26.2 Å². The molecule has 13 heavy (non-hydrogen) atoms. The summed E-state index contributed by atoms with van der Waals surface area (Å²) in [5.41, 5.74) is 0. The highest BCUT2D eigenvalue weighted by atomic mass is 16.6.